The minimum absolute atomic E-state index is 0.0381. The van der Waals surface area contributed by atoms with Crippen LogP contribution in [0, 0.1) is 18.3 Å². The Bertz CT molecular complexity index is 725. The van der Waals surface area contributed by atoms with Crippen LogP contribution >= 0.6 is 0 Å². The van der Waals surface area contributed by atoms with Crippen LogP contribution in [0.5, 0.6) is 5.75 Å². The summed E-state index contributed by atoms with van der Waals surface area (Å²) in [7, 11) is 1.60. The highest BCUT2D eigenvalue weighted by atomic mass is 16.5. The van der Waals surface area contributed by atoms with Crippen LogP contribution in [0.2, 0.25) is 0 Å². The maximum absolute atomic E-state index is 12.0. The fourth-order valence-electron chi connectivity index (χ4n) is 1.98. The van der Waals surface area contributed by atoms with E-state index in [1.54, 1.807) is 37.5 Å². The summed E-state index contributed by atoms with van der Waals surface area (Å²) in [5, 5.41) is 11.8. The average molecular weight is 296 g/mol. The molecule has 0 aliphatic carbocycles. The second-order valence-electron chi connectivity index (χ2n) is 4.66. The quantitative estimate of drug-likeness (QED) is 0.680. The Kier molecular flexibility index (Phi) is 4.99. The topological polar surface area (TPSA) is 75.3 Å². The number of nitrogens with one attached hydrogen (secondary N) is 1. The SMILES string of the molecule is COc1ccc(/C=C(\C#N)C(=O)NCc2ccco2)cc1C. The first-order valence-corrected chi connectivity index (χ1v) is 6.71. The third kappa shape index (κ3) is 3.76. The van der Waals surface area contributed by atoms with Crippen molar-refractivity contribution >= 4 is 12.0 Å². The van der Waals surface area contributed by atoms with E-state index >= 15 is 0 Å². The molecule has 0 unspecified atom stereocenters. The minimum Gasteiger partial charge on any atom is -0.496 e. The van der Waals surface area contributed by atoms with Gasteiger partial charge in [-0.3, -0.25) is 4.79 Å². The van der Waals surface area contributed by atoms with Gasteiger partial charge in [-0.05, 0) is 48.4 Å². The van der Waals surface area contributed by atoms with E-state index < -0.39 is 5.91 Å². The first-order chi connectivity index (χ1) is 10.6. The van der Waals surface area contributed by atoms with Crippen LogP contribution < -0.4 is 10.1 Å². The highest BCUT2D eigenvalue weighted by Gasteiger charge is 2.10. The number of aryl methyl sites for hydroxylation is 1. The molecular weight excluding hydrogens is 280 g/mol. The zero-order valence-electron chi connectivity index (χ0n) is 12.4. The molecular formula is C17H16N2O3. The van der Waals surface area contributed by atoms with E-state index in [4.69, 9.17) is 14.4 Å². The van der Waals surface area contributed by atoms with Gasteiger partial charge in [0, 0.05) is 0 Å². The van der Waals surface area contributed by atoms with Gasteiger partial charge in [-0.15, -0.1) is 0 Å². The Labute approximate surface area is 128 Å². The lowest BCUT2D eigenvalue weighted by atomic mass is 10.1. The van der Waals surface area contributed by atoms with Gasteiger partial charge in [0.05, 0.1) is 19.9 Å². The standard InChI is InChI=1S/C17H16N2O3/c1-12-8-13(5-6-16(12)21-2)9-14(10-18)17(20)19-11-15-4-3-7-22-15/h3-9H,11H2,1-2H3,(H,19,20)/b14-9+. The summed E-state index contributed by atoms with van der Waals surface area (Å²) in [6, 6.07) is 10.9. The van der Waals surface area contributed by atoms with Crippen molar-refractivity contribution in [2.75, 3.05) is 7.11 Å². The van der Waals surface area contributed by atoms with Gasteiger partial charge in [0.15, 0.2) is 0 Å². The highest BCUT2D eigenvalue weighted by Crippen LogP contribution is 2.20. The molecule has 0 aliphatic heterocycles. The first kappa shape index (κ1) is 15.4. The van der Waals surface area contributed by atoms with Crippen LogP contribution in [-0.2, 0) is 11.3 Å². The molecule has 0 fully saturated rings. The van der Waals surface area contributed by atoms with Crippen molar-refractivity contribution in [1.82, 2.24) is 5.32 Å². The molecule has 1 aromatic carbocycles. The Balaban J connectivity index is 2.11. The summed E-state index contributed by atoms with van der Waals surface area (Å²) in [6.07, 6.45) is 3.08. The summed E-state index contributed by atoms with van der Waals surface area (Å²) in [5.41, 5.74) is 1.74. The fraction of sp³-hybridized carbons (Fsp3) is 0.176. The van der Waals surface area contributed by atoms with Gasteiger partial charge in [-0.25, -0.2) is 0 Å². The van der Waals surface area contributed by atoms with Crippen molar-refractivity contribution in [3.63, 3.8) is 0 Å². The van der Waals surface area contributed by atoms with Gasteiger partial charge in [0.25, 0.3) is 5.91 Å². The number of benzene rings is 1. The van der Waals surface area contributed by atoms with Gasteiger partial charge in [0.1, 0.15) is 23.2 Å². The van der Waals surface area contributed by atoms with E-state index in [1.807, 2.05) is 19.1 Å². The molecule has 0 saturated carbocycles. The molecule has 2 rings (SSSR count). The third-order valence-electron chi connectivity index (χ3n) is 3.10. The van der Waals surface area contributed by atoms with Crippen molar-refractivity contribution in [3.8, 4) is 11.8 Å². The number of ether oxygens (including phenoxy) is 1. The number of methoxy groups -OCH3 is 1. The zero-order valence-corrected chi connectivity index (χ0v) is 12.4. The summed E-state index contributed by atoms with van der Waals surface area (Å²) < 4.78 is 10.3. The Morgan fingerprint density at radius 3 is 2.86 bits per heavy atom. The second-order valence-corrected chi connectivity index (χ2v) is 4.66. The van der Waals surface area contributed by atoms with Crippen LogP contribution in [0.25, 0.3) is 6.08 Å². The summed E-state index contributed by atoms with van der Waals surface area (Å²) >= 11 is 0. The lowest BCUT2D eigenvalue weighted by Gasteiger charge is -2.06. The van der Waals surface area contributed by atoms with Gasteiger partial charge in [-0.2, -0.15) is 5.26 Å². The molecule has 2 aromatic rings. The normalized spacial score (nSPS) is 10.9. The lowest BCUT2D eigenvalue weighted by Crippen LogP contribution is -2.23. The number of hydrogen-bond acceptors (Lipinski definition) is 4. The van der Waals surface area contributed by atoms with E-state index in [-0.39, 0.29) is 12.1 Å². The smallest absolute Gasteiger partial charge is 0.262 e. The number of carbonyl (C=O) groups excluding carboxylic acids is 1. The molecule has 5 heteroatoms. The highest BCUT2D eigenvalue weighted by molar-refractivity contribution is 6.01. The van der Waals surface area contributed by atoms with Crippen LogP contribution in [0.4, 0.5) is 0 Å². The molecule has 0 atom stereocenters. The lowest BCUT2D eigenvalue weighted by molar-refractivity contribution is -0.117. The fourth-order valence-corrected chi connectivity index (χ4v) is 1.98. The van der Waals surface area contributed by atoms with Gasteiger partial charge >= 0.3 is 0 Å². The molecule has 1 amide bonds. The van der Waals surface area contributed by atoms with Crippen LogP contribution in [-0.4, -0.2) is 13.0 Å². The zero-order chi connectivity index (χ0) is 15.9. The van der Waals surface area contributed by atoms with Crippen molar-refractivity contribution < 1.29 is 13.9 Å². The van der Waals surface area contributed by atoms with Crippen molar-refractivity contribution in [2.45, 2.75) is 13.5 Å². The minimum atomic E-state index is -0.438. The molecule has 0 spiro atoms. The molecule has 0 radical (unpaired) electrons. The molecule has 112 valence electrons. The Hall–Kier alpha value is -3.00. The van der Waals surface area contributed by atoms with Gasteiger partial charge < -0.3 is 14.5 Å². The number of rotatable bonds is 5. The van der Waals surface area contributed by atoms with E-state index in [2.05, 4.69) is 5.32 Å². The van der Waals surface area contributed by atoms with E-state index in [9.17, 15) is 4.79 Å². The van der Waals surface area contributed by atoms with E-state index in [1.165, 1.54) is 6.26 Å². The third-order valence-corrected chi connectivity index (χ3v) is 3.10. The number of hydrogen-bond donors (Lipinski definition) is 1. The van der Waals surface area contributed by atoms with E-state index in [0.717, 1.165) is 16.9 Å². The predicted molar refractivity (Wildman–Crippen MR) is 81.9 cm³/mol. The average Bonchev–Trinajstić information content (AvgIpc) is 3.04. The van der Waals surface area contributed by atoms with Crippen molar-refractivity contribution in [3.05, 3.63) is 59.1 Å². The summed E-state index contributed by atoms with van der Waals surface area (Å²) in [4.78, 5) is 12.0. The number of amides is 1. The molecule has 1 heterocycles. The Morgan fingerprint density at radius 2 is 2.27 bits per heavy atom. The molecule has 1 N–H and O–H groups in total. The van der Waals surface area contributed by atoms with Crippen molar-refractivity contribution in [1.29, 1.82) is 5.26 Å². The molecule has 0 bridgehead atoms. The molecule has 1 aromatic heterocycles. The maximum Gasteiger partial charge on any atom is 0.262 e. The molecule has 5 nitrogen and oxygen atoms in total. The second kappa shape index (κ2) is 7.14. The summed E-state index contributed by atoms with van der Waals surface area (Å²) in [5.74, 6) is 0.955. The van der Waals surface area contributed by atoms with Crippen LogP contribution in [0.15, 0.2) is 46.6 Å². The van der Waals surface area contributed by atoms with E-state index in [0.29, 0.717) is 5.76 Å². The predicted octanol–water partition coefficient (Wildman–Crippen LogP) is 2.82. The summed E-state index contributed by atoms with van der Waals surface area (Å²) in [6.45, 7) is 2.14. The Morgan fingerprint density at radius 1 is 1.45 bits per heavy atom. The maximum atomic E-state index is 12.0. The molecule has 0 aliphatic rings. The number of furan rings is 1. The number of nitrogens with zero attached hydrogens (tertiary/aromatic N) is 1. The first-order valence-electron chi connectivity index (χ1n) is 6.71. The van der Waals surface area contributed by atoms with Crippen molar-refractivity contribution in [2.24, 2.45) is 0 Å². The number of carbonyl (C=O) groups is 1. The van der Waals surface area contributed by atoms with Gasteiger partial charge in [0.2, 0.25) is 0 Å². The van der Waals surface area contributed by atoms with Crippen LogP contribution in [0.3, 0.4) is 0 Å². The number of nitriles is 1. The molecule has 0 saturated heterocycles. The largest absolute Gasteiger partial charge is 0.496 e. The van der Waals surface area contributed by atoms with Gasteiger partial charge in [-0.1, -0.05) is 6.07 Å². The monoisotopic (exact) mass is 296 g/mol. The molecule has 22 heavy (non-hydrogen) atoms. The van der Waals surface area contributed by atoms with Crippen LogP contribution in [0.1, 0.15) is 16.9 Å².